The quantitative estimate of drug-likeness (QED) is 0.281. The molecule has 1 unspecified atom stereocenters. The molecule has 0 saturated heterocycles. The van der Waals surface area contributed by atoms with Crippen molar-refractivity contribution in [3.05, 3.63) is 89.5 Å². The molecule has 0 saturated carbocycles. The van der Waals surface area contributed by atoms with Crippen molar-refractivity contribution in [2.24, 2.45) is 0 Å². The fraction of sp³-hybridized carbons (Fsp3) is 0.333. The highest BCUT2D eigenvalue weighted by atomic mass is 19.4. The van der Waals surface area contributed by atoms with Crippen LogP contribution in [0.2, 0.25) is 0 Å². The summed E-state index contributed by atoms with van der Waals surface area (Å²) in [4.78, 5) is 31.0. The number of ether oxygens (including phenoxy) is 2. The number of hydrogen-bond acceptors (Lipinski definition) is 4. The summed E-state index contributed by atoms with van der Waals surface area (Å²) in [7, 11) is 2.98. The van der Waals surface area contributed by atoms with E-state index in [1.807, 2.05) is 19.9 Å². The number of carbonyl (C=O) groups is 2. The molecule has 0 aromatic heterocycles. The predicted molar refractivity (Wildman–Crippen MR) is 144 cm³/mol. The van der Waals surface area contributed by atoms with E-state index < -0.39 is 23.6 Å². The Balaban J connectivity index is 2.04. The zero-order chi connectivity index (χ0) is 28.6. The van der Waals surface area contributed by atoms with E-state index in [0.29, 0.717) is 41.4 Å². The summed E-state index contributed by atoms with van der Waals surface area (Å²) in [5, 5.41) is 0. The van der Waals surface area contributed by atoms with Crippen LogP contribution < -0.4 is 14.4 Å². The Morgan fingerprint density at radius 3 is 1.97 bits per heavy atom. The molecule has 39 heavy (non-hydrogen) atoms. The molecule has 0 aliphatic rings. The molecule has 208 valence electrons. The fourth-order valence-electron chi connectivity index (χ4n) is 4.37. The lowest BCUT2D eigenvalue weighted by molar-refractivity contribution is -0.138. The molecule has 0 heterocycles. The van der Waals surface area contributed by atoms with E-state index in [0.717, 1.165) is 12.1 Å². The number of benzene rings is 3. The highest BCUT2D eigenvalue weighted by Gasteiger charge is 2.35. The van der Waals surface area contributed by atoms with Crippen LogP contribution in [0.5, 0.6) is 11.5 Å². The zero-order valence-electron chi connectivity index (χ0n) is 22.5. The average Bonchev–Trinajstić information content (AvgIpc) is 2.94. The van der Waals surface area contributed by atoms with Gasteiger partial charge in [-0.3, -0.25) is 9.59 Å². The number of halogens is 3. The van der Waals surface area contributed by atoms with Gasteiger partial charge in [0.1, 0.15) is 5.92 Å². The standard InChI is InChI=1S/C30H33F3N2O4/c1-5-34(6-2)28(36)27(22-10-8-7-9-11-22)29(37)35(24-16-17-25(38-3)26(20-24)39-4)19-18-21-12-14-23(15-13-21)30(31,32)33/h7-17,20,27H,5-6,18-19H2,1-4H3. The zero-order valence-corrected chi connectivity index (χ0v) is 22.5. The van der Waals surface area contributed by atoms with E-state index >= 15 is 0 Å². The molecule has 0 aliphatic heterocycles. The van der Waals surface area contributed by atoms with Gasteiger partial charge < -0.3 is 19.3 Å². The minimum atomic E-state index is -4.44. The Labute approximate surface area is 226 Å². The molecular formula is C30H33F3N2O4. The summed E-state index contributed by atoms with van der Waals surface area (Å²) in [6, 6.07) is 18.7. The molecule has 0 fully saturated rings. The van der Waals surface area contributed by atoms with Crippen molar-refractivity contribution in [3.8, 4) is 11.5 Å². The number of hydrogen-bond donors (Lipinski definition) is 0. The van der Waals surface area contributed by atoms with Crippen LogP contribution in [0.15, 0.2) is 72.8 Å². The van der Waals surface area contributed by atoms with E-state index in [9.17, 15) is 22.8 Å². The van der Waals surface area contributed by atoms with Crippen LogP contribution >= 0.6 is 0 Å². The van der Waals surface area contributed by atoms with Crippen molar-refractivity contribution in [1.82, 2.24) is 4.90 Å². The number of amides is 2. The fourth-order valence-corrected chi connectivity index (χ4v) is 4.37. The largest absolute Gasteiger partial charge is 0.493 e. The second kappa shape index (κ2) is 13.2. The normalized spacial score (nSPS) is 12.0. The number of nitrogens with zero attached hydrogens (tertiary/aromatic N) is 2. The first-order valence-corrected chi connectivity index (χ1v) is 12.7. The molecule has 0 spiro atoms. The average molecular weight is 543 g/mol. The maximum Gasteiger partial charge on any atom is 0.416 e. The second-order valence-electron chi connectivity index (χ2n) is 8.83. The molecule has 9 heteroatoms. The third-order valence-electron chi connectivity index (χ3n) is 6.55. The smallest absolute Gasteiger partial charge is 0.416 e. The summed E-state index contributed by atoms with van der Waals surface area (Å²) >= 11 is 0. The van der Waals surface area contributed by atoms with Crippen LogP contribution in [0.1, 0.15) is 36.5 Å². The van der Waals surface area contributed by atoms with Crippen LogP contribution in [-0.4, -0.2) is 50.6 Å². The van der Waals surface area contributed by atoms with Crippen LogP contribution in [0.3, 0.4) is 0 Å². The van der Waals surface area contributed by atoms with Crippen molar-refractivity contribution in [2.75, 3.05) is 38.8 Å². The van der Waals surface area contributed by atoms with Gasteiger partial charge in [0.15, 0.2) is 11.5 Å². The van der Waals surface area contributed by atoms with Crippen molar-refractivity contribution in [2.45, 2.75) is 32.4 Å². The van der Waals surface area contributed by atoms with E-state index in [2.05, 4.69) is 0 Å². The number of carbonyl (C=O) groups excluding carboxylic acids is 2. The molecular weight excluding hydrogens is 509 g/mol. The van der Waals surface area contributed by atoms with E-state index in [1.165, 1.54) is 31.3 Å². The molecule has 0 aliphatic carbocycles. The monoisotopic (exact) mass is 542 g/mol. The van der Waals surface area contributed by atoms with Crippen LogP contribution in [0.4, 0.5) is 18.9 Å². The minimum Gasteiger partial charge on any atom is -0.493 e. The predicted octanol–water partition coefficient (Wildman–Crippen LogP) is 5.95. The van der Waals surface area contributed by atoms with Crippen molar-refractivity contribution >= 4 is 17.5 Å². The van der Waals surface area contributed by atoms with E-state index in [1.54, 1.807) is 47.4 Å². The number of methoxy groups -OCH3 is 2. The summed E-state index contributed by atoms with van der Waals surface area (Å²) < 4.78 is 49.9. The Bertz CT molecular complexity index is 1240. The van der Waals surface area contributed by atoms with Crippen LogP contribution in [0, 0.1) is 0 Å². The van der Waals surface area contributed by atoms with Gasteiger partial charge >= 0.3 is 6.18 Å². The molecule has 0 bridgehead atoms. The first kappa shape index (κ1) is 29.5. The van der Waals surface area contributed by atoms with E-state index in [-0.39, 0.29) is 18.9 Å². The summed E-state index contributed by atoms with van der Waals surface area (Å²) in [5.74, 6) is -1.01. The third-order valence-corrected chi connectivity index (χ3v) is 6.55. The Kier molecular flexibility index (Phi) is 9.98. The maximum atomic E-state index is 14.2. The van der Waals surface area contributed by atoms with Gasteiger partial charge in [-0.25, -0.2) is 0 Å². The number of anilines is 1. The lowest BCUT2D eigenvalue weighted by Crippen LogP contribution is -2.45. The van der Waals surface area contributed by atoms with Gasteiger partial charge in [0.25, 0.3) is 0 Å². The Morgan fingerprint density at radius 2 is 1.44 bits per heavy atom. The van der Waals surface area contributed by atoms with Crippen LogP contribution in [-0.2, 0) is 22.2 Å². The minimum absolute atomic E-state index is 0.120. The molecule has 2 amide bonds. The first-order chi connectivity index (χ1) is 18.6. The van der Waals surface area contributed by atoms with Gasteiger partial charge in [0.05, 0.1) is 19.8 Å². The molecule has 3 rings (SSSR count). The Morgan fingerprint density at radius 1 is 0.821 bits per heavy atom. The molecule has 0 N–H and O–H groups in total. The van der Waals surface area contributed by atoms with Crippen molar-refractivity contribution < 1.29 is 32.2 Å². The first-order valence-electron chi connectivity index (χ1n) is 12.7. The number of alkyl halides is 3. The van der Waals surface area contributed by atoms with Crippen molar-refractivity contribution in [3.63, 3.8) is 0 Å². The van der Waals surface area contributed by atoms with Gasteiger partial charge in [0, 0.05) is 31.4 Å². The highest BCUT2D eigenvalue weighted by Crippen LogP contribution is 2.34. The second-order valence-corrected chi connectivity index (χ2v) is 8.83. The van der Waals surface area contributed by atoms with Crippen molar-refractivity contribution in [1.29, 1.82) is 0 Å². The van der Waals surface area contributed by atoms with E-state index in [4.69, 9.17) is 9.47 Å². The summed E-state index contributed by atoms with van der Waals surface area (Å²) in [5.41, 5.74) is 0.901. The van der Waals surface area contributed by atoms with Gasteiger partial charge in [-0.2, -0.15) is 13.2 Å². The summed E-state index contributed by atoms with van der Waals surface area (Å²) in [6.07, 6.45) is -4.17. The number of likely N-dealkylation sites (N-methyl/N-ethyl adjacent to an activating group) is 1. The van der Waals surface area contributed by atoms with Gasteiger partial charge in [0.2, 0.25) is 11.8 Å². The van der Waals surface area contributed by atoms with Crippen LogP contribution in [0.25, 0.3) is 0 Å². The lowest BCUT2D eigenvalue weighted by atomic mass is 9.95. The van der Waals surface area contributed by atoms with Gasteiger partial charge in [-0.15, -0.1) is 0 Å². The lowest BCUT2D eigenvalue weighted by Gasteiger charge is -2.31. The maximum absolute atomic E-state index is 14.2. The topological polar surface area (TPSA) is 59.1 Å². The molecule has 3 aromatic rings. The third kappa shape index (κ3) is 7.10. The van der Waals surface area contributed by atoms with Gasteiger partial charge in [-0.1, -0.05) is 42.5 Å². The molecule has 1 atom stereocenters. The molecule has 6 nitrogen and oxygen atoms in total. The molecule has 3 aromatic carbocycles. The SMILES string of the molecule is CCN(CC)C(=O)C(C(=O)N(CCc1ccc(C(F)(F)F)cc1)c1ccc(OC)c(OC)c1)c1ccccc1. The highest BCUT2D eigenvalue weighted by molar-refractivity contribution is 6.12. The number of rotatable bonds is 11. The van der Waals surface area contributed by atoms with Gasteiger partial charge in [-0.05, 0) is 55.7 Å². The Hall–Kier alpha value is -4.01. The summed E-state index contributed by atoms with van der Waals surface area (Å²) in [6.45, 7) is 4.70. The molecule has 0 radical (unpaired) electrons.